The number of nitrogens with zero attached hydrogens (tertiary/aromatic N) is 2. The van der Waals surface area contributed by atoms with Gasteiger partial charge in [0.15, 0.2) is 0 Å². The summed E-state index contributed by atoms with van der Waals surface area (Å²) in [6, 6.07) is 0.290. The van der Waals surface area contributed by atoms with Crippen molar-refractivity contribution in [2.24, 2.45) is 0 Å². The zero-order valence-corrected chi connectivity index (χ0v) is 11.7. The van der Waals surface area contributed by atoms with E-state index in [4.69, 9.17) is 0 Å². The molecule has 6 nitrogen and oxygen atoms in total. The summed E-state index contributed by atoms with van der Waals surface area (Å²) in [7, 11) is 0. The Kier molecular flexibility index (Phi) is 5.15. The van der Waals surface area contributed by atoms with Gasteiger partial charge in [0.05, 0.1) is 6.54 Å². The third-order valence-corrected chi connectivity index (χ3v) is 3.85. The summed E-state index contributed by atoms with van der Waals surface area (Å²) in [5, 5.41) is 5.98. The maximum Gasteiger partial charge on any atom is 0.324 e. The van der Waals surface area contributed by atoms with Crippen LogP contribution >= 0.6 is 0 Å². The molecule has 1 atom stereocenters. The van der Waals surface area contributed by atoms with Crippen molar-refractivity contribution in [2.45, 2.75) is 32.2 Å². The molecule has 0 bridgehead atoms. The fourth-order valence-electron chi connectivity index (χ4n) is 2.82. The van der Waals surface area contributed by atoms with Crippen LogP contribution in [0, 0.1) is 0 Å². The van der Waals surface area contributed by atoms with E-state index < -0.39 is 0 Å². The summed E-state index contributed by atoms with van der Waals surface area (Å²) in [4.78, 5) is 26.8. The van der Waals surface area contributed by atoms with Gasteiger partial charge in [-0.2, -0.15) is 0 Å². The van der Waals surface area contributed by atoms with Crippen LogP contribution < -0.4 is 10.6 Å². The molecule has 2 saturated heterocycles. The highest BCUT2D eigenvalue weighted by molar-refractivity contribution is 6.01. The van der Waals surface area contributed by atoms with Gasteiger partial charge in [-0.15, -0.1) is 0 Å². The van der Waals surface area contributed by atoms with E-state index in [0.29, 0.717) is 12.6 Å². The third-order valence-electron chi connectivity index (χ3n) is 3.85. The topological polar surface area (TPSA) is 64.7 Å². The maximum atomic E-state index is 11.5. The second-order valence-corrected chi connectivity index (χ2v) is 5.24. The number of rotatable bonds is 6. The highest BCUT2D eigenvalue weighted by Gasteiger charge is 2.29. The van der Waals surface area contributed by atoms with Crippen molar-refractivity contribution in [3.8, 4) is 0 Å². The first-order valence-corrected chi connectivity index (χ1v) is 7.25. The number of carbonyl (C=O) groups is 2. The van der Waals surface area contributed by atoms with Crippen LogP contribution in [0.2, 0.25) is 0 Å². The molecule has 1 unspecified atom stereocenters. The molecule has 6 heteroatoms. The first kappa shape index (κ1) is 14.3. The summed E-state index contributed by atoms with van der Waals surface area (Å²) in [5.41, 5.74) is 0. The largest absolute Gasteiger partial charge is 0.329 e. The van der Waals surface area contributed by atoms with Gasteiger partial charge >= 0.3 is 6.03 Å². The zero-order chi connectivity index (χ0) is 13.7. The minimum Gasteiger partial charge on any atom is -0.329 e. The highest BCUT2D eigenvalue weighted by atomic mass is 16.2. The predicted octanol–water partition coefficient (Wildman–Crippen LogP) is 0.00220. The van der Waals surface area contributed by atoms with Gasteiger partial charge in [0.1, 0.15) is 0 Å². The number of nitrogens with one attached hydrogen (secondary N) is 2. The van der Waals surface area contributed by atoms with E-state index >= 15 is 0 Å². The molecule has 108 valence electrons. The molecule has 0 radical (unpaired) electrons. The normalized spacial score (nSPS) is 24.1. The number of carbonyl (C=O) groups excluding carboxylic acids is 2. The van der Waals surface area contributed by atoms with Crippen molar-refractivity contribution in [2.75, 3.05) is 39.3 Å². The van der Waals surface area contributed by atoms with Gasteiger partial charge in [-0.1, -0.05) is 6.92 Å². The van der Waals surface area contributed by atoms with E-state index in [1.807, 2.05) is 0 Å². The van der Waals surface area contributed by atoms with Gasteiger partial charge in [0.2, 0.25) is 5.91 Å². The van der Waals surface area contributed by atoms with E-state index in [-0.39, 0.29) is 18.5 Å². The van der Waals surface area contributed by atoms with E-state index in [9.17, 15) is 9.59 Å². The van der Waals surface area contributed by atoms with Crippen LogP contribution in [0.3, 0.4) is 0 Å². The molecule has 2 N–H and O–H groups in total. The molecular weight excluding hydrogens is 244 g/mol. The molecule has 19 heavy (non-hydrogen) atoms. The highest BCUT2D eigenvalue weighted by Crippen LogP contribution is 2.11. The second-order valence-electron chi connectivity index (χ2n) is 5.24. The van der Waals surface area contributed by atoms with Gasteiger partial charge < -0.3 is 10.6 Å². The smallest absolute Gasteiger partial charge is 0.324 e. The van der Waals surface area contributed by atoms with Crippen LogP contribution in [0.25, 0.3) is 0 Å². The Morgan fingerprint density at radius 1 is 1.37 bits per heavy atom. The minimum atomic E-state index is -0.247. The average molecular weight is 268 g/mol. The average Bonchev–Trinajstić information content (AvgIpc) is 2.75. The summed E-state index contributed by atoms with van der Waals surface area (Å²) in [6.45, 7) is 6.73. The number of amides is 3. The Morgan fingerprint density at radius 3 is 2.79 bits per heavy atom. The lowest BCUT2D eigenvalue weighted by Gasteiger charge is -2.35. The Labute approximate surface area is 114 Å². The number of imide groups is 1. The third kappa shape index (κ3) is 3.67. The lowest BCUT2D eigenvalue weighted by molar-refractivity contribution is -0.125. The molecule has 0 spiro atoms. The molecule has 2 fully saturated rings. The van der Waals surface area contributed by atoms with Crippen LogP contribution in [0.15, 0.2) is 0 Å². The maximum absolute atomic E-state index is 11.5. The van der Waals surface area contributed by atoms with Crippen LogP contribution in [0.4, 0.5) is 4.79 Å². The van der Waals surface area contributed by atoms with Crippen LogP contribution in [-0.4, -0.2) is 67.0 Å². The first-order valence-electron chi connectivity index (χ1n) is 7.25. The first-order chi connectivity index (χ1) is 9.22. The molecule has 0 aromatic carbocycles. The molecule has 0 aromatic rings. The quantitative estimate of drug-likeness (QED) is 0.666. The molecule has 0 saturated carbocycles. The second kappa shape index (κ2) is 6.86. The van der Waals surface area contributed by atoms with Crippen LogP contribution in [0.5, 0.6) is 0 Å². The fraction of sp³-hybridized carbons (Fsp3) is 0.846. The number of hydrogen-bond donors (Lipinski definition) is 2. The monoisotopic (exact) mass is 268 g/mol. The summed E-state index contributed by atoms with van der Waals surface area (Å²) in [5.74, 6) is -0.108. The number of hydrogen-bond acceptors (Lipinski definition) is 4. The van der Waals surface area contributed by atoms with Gasteiger partial charge in [0, 0.05) is 25.7 Å². The molecule has 0 aromatic heterocycles. The lowest BCUT2D eigenvalue weighted by atomic mass is 10.1. The Balaban J connectivity index is 1.85. The predicted molar refractivity (Wildman–Crippen MR) is 72.9 cm³/mol. The standard InChI is InChI=1S/C13H24N4O2/c1-2-6-16(11-4-3-5-14-9-11)7-8-17-12(18)10-15-13(17)19/h11,14H,2-10H2,1H3,(H,15,19). The number of urea groups is 1. The van der Waals surface area contributed by atoms with Crippen molar-refractivity contribution in [1.82, 2.24) is 20.4 Å². The zero-order valence-electron chi connectivity index (χ0n) is 11.7. The lowest BCUT2D eigenvalue weighted by Crippen LogP contribution is -2.49. The summed E-state index contributed by atoms with van der Waals surface area (Å²) in [6.07, 6.45) is 3.50. The van der Waals surface area contributed by atoms with E-state index in [0.717, 1.165) is 32.6 Å². The van der Waals surface area contributed by atoms with Crippen LogP contribution in [0.1, 0.15) is 26.2 Å². The van der Waals surface area contributed by atoms with E-state index in [1.165, 1.54) is 17.7 Å². The summed E-state index contributed by atoms with van der Waals surface area (Å²) < 4.78 is 0. The van der Waals surface area contributed by atoms with Gasteiger partial charge in [-0.3, -0.25) is 14.6 Å². The van der Waals surface area contributed by atoms with Crippen LogP contribution in [-0.2, 0) is 4.79 Å². The van der Waals surface area contributed by atoms with Gasteiger partial charge in [-0.05, 0) is 32.4 Å². The molecule has 3 amide bonds. The van der Waals surface area contributed by atoms with E-state index in [1.54, 1.807) is 0 Å². The Hall–Kier alpha value is -1.14. The number of piperidine rings is 1. The van der Waals surface area contributed by atoms with Crippen molar-refractivity contribution in [1.29, 1.82) is 0 Å². The van der Waals surface area contributed by atoms with Gasteiger partial charge in [-0.25, -0.2) is 4.79 Å². The van der Waals surface area contributed by atoms with Crippen molar-refractivity contribution in [3.05, 3.63) is 0 Å². The molecule has 2 aliphatic heterocycles. The SMILES string of the molecule is CCCN(CCN1C(=O)CNC1=O)C1CCCNC1. The molecule has 2 heterocycles. The van der Waals surface area contributed by atoms with E-state index in [2.05, 4.69) is 22.5 Å². The Morgan fingerprint density at radius 2 is 2.21 bits per heavy atom. The van der Waals surface area contributed by atoms with Gasteiger partial charge in [0.25, 0.3) is 0 Å². The van der Waals surface area contributed by atoms with Crippen molar-refractivity contribution < 1.29 is 9.59 Å². The molecule has 0 aliphatic carbocycles. The summed E-state index contributed by atoms with van der Waals surface area (Å²) >= 11 is 0. The van der Waals surface area contributed by atoms with Crippen molar-refractivity contribution in [3.63, 3.8) is 0 Å². The Bertz CT molecular complexity index is 313. The fourth-order valence-corrected chi connectivity index (χ4v) is 2.82. The molecule has 2 rings (SSSR count). The molecule has 2 aliphatic rings. The minimum absolute atomic E-state index is 0.108. The molecular formula is C13H24N4O2. The van der Waals surface area contributed by atoms with Crippen molar-refractivity contribution >= 4 is 11.9 Å².